The molecule has 2 aromatic heterocycles. The van der Waals surface area contributed by atoms with Crippen molar-refractivity contribution in [1.82, 2.24) is 20.1 Å². The first kappa shape index (κ1) is 20.1. The minimum absolute atomic E-state index is 0.0390. The van der Waals surface area contributed by atoms with Gasteiger partial charge in [0.05, 0.1) is 12.1 Å². The fourth-order valence-corrected chi connectivity index (χ4v) is 3.55. The lowest BCUT2D eigenvalue weighted by Crippen LogP contribution is -2.34. The first-order valence-electron chi connectivity index (χ1n) is 10.4. The summed E-state index contributed by atoms with van der Waals surface area (Å²) in [6.07, 6.45) is 8.96. The average molecular weight is 406 g/mol. The number of nitrogens with zero attached hydrogens (tertiary/aromatic N) is 3. The second-order valence-electron chi connectivity index (χ2n) is 8.26. The van der Waals surface area contributed by atoms with Crippen molar-refractivity contribution < 1.29 is 9.59 Å². The number of hydrogen-bond acceptors (Lipinski definition) is 4. The second-order valence-corrected chi connectivity index (χ2v) is 8.26. The molecule has 1 aliphatic heterocycles. The highest BCUT2D eigenvalue weighted by atomic mass is 16.2. The van der Waals surface area contributed by atoms with Crippen molar-refractivity contribution in [3.8, 4) is 0 Å². The Morgan fingerprint density at radius 3 is 2.83 bits per heavy atom. The molecule has 1 aliphatic carbocycles. The first-order chi connectivity index (χ1) is 14.5. The number of aromatic amines is 1. The van der Waals surface area contributed by atoms with Gasteiger partial charge in [-0.1, -0.05) is 17.7 Å². The van der Waals surface area contributed by atoms with Gasteiger partial charge in [-0.05, 0) is 50.3 Å². The molecule has 3 heterocycles. The molecule has 156 valence electrons. The fourth-order valence-electron chi connectivity index (χ4n) is 3.55. The molecule has 2 aliphatic rings. The largest absolute Gasteiger partial charge is 0.334 e. The Bertz CT molecular complexity index is 995. The summed E-state index contributed by atoms with van der Waals surface area (Å²) >= 11 is 0. The van der Waals surface area contributed by atoms with Crippen LogP contribution in [0.2, 0.25) is 0 Å². The van der Waals surface area contributed by atoms with Crippen LogP contribution in [0.3, 0.4) is 0 Å². The van der Waals surface area contributed by atoms with Gasteiger partial charge in [-0.25, -0.2) is 0 Å². The zero-order valence-corrected chi connectivity index (χ0v) is 17.4. The highest BCUT2D eigenvalue weighted by molar-refractivity contribution is 5.91. The van der Waals surface area contributed by atoms with Crippen LogP contribution in [-0.4, -0.2) is 45.0 Å². The van der Waals surface area contributed by atoms with Crippen LogP contribution in [-0.2, 0) is 16.0 Å². The van der Waals surface area contributed by atoms with Crippen molar-refractivity contribution in [2.75, 3.05) is 18.4 Å². The SMILES string of the molecule is CC(C)=CC(=O)N1CCC=C(c2ccc(CC(=O)Nc3cc(C4CC4)[nH]n3)cn2)C1. The number of rotatable bonds is 6. The molecule has 0 atom stereocenters. The van der Waals surface area contributed by atoms with E-state index in [4.69, 9.17) is 0 Å². The van der Waals surface area contributed by atoms with Crippen molar-refractivity contribution in [2.45, 2.75) is 45.4 Å². The quantitative estimate of drug-likeness (QED) is 0.720. The molecule has 0 unspecified atom stereocenters. The Kier molecular flexibility index (Phi) is 5.79. The number of aromatic nitrogens is 3. The Labute approximate surface area is 176 Å². The molecule has 0 saturated heterocycles. The number of allylic oxidation sites excluding steroid dienone is 1. The molecule has 0 bridgehead atoms. The van der Waals surface area contributed by atoms with Crippen molar-refractivity contribution in [3.63, 3.8) is 0 Å². The van der Waals surface area contributed by atoms with E-state index in [1.54, 1.807) is 12.3 Å². The number of carbonyl (C=O) groups excluding carboxylic acids is 2. The van der Waals surface area contributed by atoms with E-state index in [2.05, 4.69) is 26.6 Å². The molecule has 0 spiro atoms. The smallest absolute Gasteiger partial charge is 0.246 e. The topological polar surface area (TPSA) is 91.0 Å². The van der Waals surface area contributed by atoms with Crippen LogP contribution in [0, 0.1) is 0 Å². The average Bonchev–Trinajstić information content (AvgIpc) is 3.47. The molecule has 30 heavy (non-hydrogen) atoms. The number of nitrogens with one attached hydrogen (secondary N) is 2. The highest BCUT2D eigenvalue weighted by Crippen LogP contribution is 2.39. The minimum atomic E-state index is -0.117. The van der Waals surface area contributed by atoms with Crippen LogP contribution in [0.1, 0.15) is 56.0 Å². The number of pyridine rings is 1. The van der Waals surface area contributed by atoms with Crippen LogP contribution in [0.5, 0.6) is 0 Å². The number of hydrogen-bond donors (Lipinski definition) is 2. The van der Waals surface area contributed by atoms with Crippen LogP contribution >= 0.6 is 0 Å². The van der Waals surface area contributed by atoms with Crippen molar-refractivity contribution in [2.24, 2.45) is 0 Å². The number of carbonyl (C=O) groups is 2. The molecule has 4 rings (SSSR count). The van der Waals surface area contributed by atoms with Gasteiger partial charge in [0, 0.05) is 43.0 Å². The van der Waals surface area contributed by atoms with Gasteiger partial charge in [-0.3, -0.25) is 19.7 Å². The summed E-state index contributed by atoms with van der Waals surface area (Å²) in [4.78, 5) is 31.0. The summed E-state index contributed by atoms with van der Waals surface area (Å²) in [6.45, 7) is 5.12. The summed E-state index contributed by atoms with van der Waals surface area (Å²) < 4.78 is 0. The third-order valence-electron chi connectivity index (χ3n) is 5.28. The summed E-state index contributed by atoms with van der Waals surface area (Å²) in [6, 6.07) is 5.75. The van der Waals surface area contributed by atoms with Gasteiger partial charge in [0.1, 0.15) is 0 Å². The van der Waals surface area contributed by atoms with E-state index < -0.39 is 0 Å². The predicted molar refractivity (Wildman–Crippen MR) is 116 cm³/mol. The van der Waals surface area contributed by atoms with Crippen molar-refractivity contribution >= 4 is 23.2 Å². The van der Waals surface area contributed by atoms with E-state index in [1.165, 1.54) is 12.8 Å². The zero-order valence-electron chi connectivity index (χ0n) is 17.4. The van der Waals surface area contributed by atoms with E-state index in [9.17, 15) is 9.59 Å². The fraction of sp³-hybridized carbons (Fsp3) is 0.391. The monoisotopic (exact) mass is 405 g/mol. The highest BCUT2D eigenvalue weighted by Gasteiger charge is 2.25. The molecule has 2 N–H and O–H groups in total. The maximum atomic E-state index is 12.3. The van der Waals surface area contributed by atoms with Gasteiger partial charge in [-0.2, -0.15) is 5.10 Å². The molecule has 7 heteroatoms. The number of anilines is 1. The standard InChI is InChI=1S/C23H27N5O2/c1-15(2)10-23(30)28-9-3-4-18(14-28)19-8-5-16(13-24-19)11-22(29)25-21-12-20(26-27-21)17-6-7-17/h4-5,8,10,12-13,17H,3,6-7,9,11,14H2,1-2H3,(H2,25,26,27,29). The molecule has 1 saturated carbocycles. The Balaban J connectivity index is 1.34. The molecule has 2 amide bonds. The summed E-state index contributed by atoms with van der Waals surface area (Å²) in [5.74, 6) is 1.06. The van der Waals surface area contributed by atoms with Gasteiger partial charge >= 0.3 is 0 Å². The maximum absolute atomic E-state index is 12.3. The molecule has 2 aromatic rings. The van der Waals surface area contributed by atoms with Crippen LogP contribution in [0.15, 0.2) is 42.1 Å². The second kappa shape index (κ2) is 8.65. The lowest BCUT2D eigenvalue weighted by molar-refractivity contribution is -0.125. The predicted octanol–water partition coefficient (Wildman–Crippen LogP) is 3.45. The third-order valence-corrected chi connectivity index (χ3v) is 5.28. The summed E-state index contributed by atoms with van der Waals surface area (Å²) in [5, 5.41) is 9.98. The van der Waals surface area contributed by atoms with Gasteiger partial charge in [0.15, 0.2) is 5.82 Å². The van der Waals surface area contributed by atoms with Crippen molar-refractivity contribution in [1.29, 1.82) is 0 Å². The van der Waals surface area contributed by atoms with E-state index in [1.807, 2.05) is 36.9 Å². The molecule has 1 fully saturated rings. The molecular weight excluding hydrogens is 378 g/mol. The van der Waals surface area contributed by atoms with E-state index >= 15 is 0 Å². The van der Waals surface area contributed by atoms with Crippen LogP contribution in [0.25, 0.3) is 5.57 Å². The van der Waals surface area contributed by atoms with Gasteiger partial charge in [0.2, 0.25) is 11.8 Å². The first-order valence-corrected chi connectivity index (χ1v) is 10.4. The van der Waals surface area contributed by atoms with Crippen molar-refractivity contribution in [3.05, 3.63) is 59.1 Å². The van der Waals surface area contributed by atoms with E-state index in [0.29, 0.717) is 18.3 Å². The Morgan fingerprint density at radius 2 is 2.13 bits per heavy atom. The summed E-state index contributed by atoms with van der Waals surface area (Å²) in [5.41, 5.74) is 4.81. The Hall–Kier alpha value is -3.22. The molecule has 0 radical (unpaired) electrons. The number of H-pyrrole nitrogens is 1. The van der Waals surface area contributed by atoms with Gasteiger partial charge in [-0.15, -0.1) is 0 Å². The van der Waals surface area contributed by atoms with E-state index in [0.717, 1.165) is 41.1 Å². The zero-order chi connectivity index (χ0) is 21.1. The van der Waals surface area contributed by atoms with Crippen LogP contribution < -0.4 is 5.32 Å². The normalized spacial score (nSPS) is 16.1. The maximum Gasteiger partial charge on any atom is 0.246 e. The van der Waals surface area contributed by atoms with Gasteiger partial charge < -0.3 is 10.2 Å². The number of amides is 2. The molecular formula is C23H27N5O2. The minimum Gasteiger partial charge on any atom is -0.334 e. The lowest BCUT2D eigenvalue weighted by atomic mass is 10.0. The third kappa shape index (κ3) is 5.03. The van der Waals surface area contributed by atoms with Gasteiger partial charge in [0.25, 0.3) is 0 Å². The molecule has 0 aromatic carbocycles. The van der Waals surface area contributed by atoms with Crippen LogP contribution in [0.4, 0.5) is 5.82 Å². The summed E-state index contributed by atoms with van der Waals surface area (Å²) in [7, 11) is 0. The van der Waals surface area contributed by atoms with E-state index in [-0.39, 0.29) is 18.2 Å². The molecule has 7 nitrogen and oxygen atoms in total. The lowest BCUT2D eigenvalue weighted by Gasteiger charge is -2.26. The Morgan fingerprint density at radius 1 is 1.30 bits per heavy atom.